The highest BCUT2D eigenvalue weighted by atomic mass is 19.4. The van der Waals surface area contributed by atoms with Crippen LogP contribution in [-0.2, 0) is 6.18 Å². The molecule has 0 radical (unpaired) electrons. The molecule has 0 saturated heterocycles. The Morgan fingerprint density at radius 2 is 0.833 bits per heavy atom. The second-order valence-corrected chi connectivity index (χ2v) is 17.2. The minimum Gasteiger partial charge on any atom is -0.496 e. The molecular formula is C59H64F8N2O3. The Morgan fingerprint density at radius 3 is 1.21 bits per heavy atom. The number of alkyl halides is 3. The Bertz CT molecular complexity index is 2890. The van der Waals surface area contributed by atoms with Gasteiger partial charge in [-0.15, -0.1) is 0 Å². The van der Waals surface area contributed by atoms with Crippen molar-refractivity contribution in [3.05, 3.63) is 243 Å². The monoisotopic (exact) mass is 1000 g/mol. The molecule has 5 nitrogen and oxygen atoms in total. The Kier molecular flexibility index (Phi) is 25.9. The second-order valence-electron chi connectivity index (χ2n) is 17.2. The number of hydrogen-bond acceptors (Lipinski definition) is 4. The van der Waals surface area contributed by atoms with Gasteiger partial charge in [0.1, 0.15) is 23.2 Å². The summed E-state index contributed by atoms with van der Waals surface area (Å²) < 4.78 is 105. The Morgan fingerprint density at radius 1 is 0.458 bits per heavy atom. The highest BCUT2D eigenvalue weighted by Gasteiger charge is 2.32. The molecule has 13 heteroatoms. The molecule has 0 bridgehead atoms. The van der Waals surface area contributed by atoms with E-state index in [0.29, 0.717) is 33.4 Å². The maximum absolute atomic E-state index is 12.6. The van der Waals surface area contributed by atoms with Gasteiger partial charge in [0.15, 0.2) is 11.6 Å². The van der Waals surface area contributed by atoms with Crippen molar-refractivity contribution in [2.45, 2.75) is 103 Å². The minimum atomic E-state index is -4.23. The van der Waals surface area contributed by atoms with Gasteiger partial charge >= 0.3 is 6.18 Å². The number of aryl methyl sites for hydroxylation is 13. The van der Waals surface area contributed by atoms with Crippen LogP contribution in [-0.4, -0.2) is 12.0 Å². The first-order valence-corrected chi connectivity index (χ1v) is 22.4. The number of methoxy groups -OCH3 is 1. The topological polar surface area (TPSA) is 76.2 Å². The molecule has 0 heterocycles. The molecule has 0 saturated carbocycles. The van der Waals surface area contributed by atoms with Gasteiger partial charge in [-0.1, -0.05) is 78.4 Å². The summed E-state index contributed by atoms with van der Waals surface area (Å²) in [5.41, 5.74) is 10.7. The van der Waals surface area contributed by atoms with Crippen molar-refractivity contribution in [3.63, 3.8) is 0 Å². The molecule has 0 atom stereocenters. The van der Waals surface area contributed by atoms with Gasteiger partial charge in [0.2, 0.25) is 0 Å². The molecular weight excluding hydrogens is 937 g/mol. The smallest absolute Gasteiger partial charge is 0.416 e. The molecule has 0 aliphatic heterocycles. The summed E-state index contributed by atoms with van der Waals surface area (Å²) in [5, 5.41) is 19.0. The summed E-state index contributed by atoms with van der Waals surface area (Å²) >= 11 is 0. The number of hydrogen-bond donors (Lipinski definition) is 0. The van der Waals surface area contributed by atoms with Crippen molar-refractivity contribution in [1.82, 2.24) is 0 Å². The van der Waals surface area contributed by atoms with E-state index in [1.807, 2.05) is 71.0 Å². The standard InChI is InChI=1S/C9H9F3.C9H9N.C9H12O.2C8H8F2.C8H9F.C8H9NO2/c1-6-3-4-7(2)8(5-6)9(10,11)12;1-7-3-4-8(2)9(5-7)6-10;1-7-4-5-8(2)9(6-7)10-3;1-5-3-7(9)6(2)8(10)4-5;1-5-3-4-6(2)8(10)7(5)9;1-6-3-4-7(2)8(9)5-6;1-6-3-4-7(2)8(5-6)9(10)11/h3-5H,1-2H3;3-5H,1-2H3;4-6H,1-3H3;2*3-4H,1-2H3;3-5H,1-2H3;3-5H,1-2H3. The van der Waals surface area contributed by atoms with Crippen molar-refractivity contribution in [3.8, 4) is 11.8 Å². The highest BCUT2D eigenvalue weighted by Crippen LogP contribution is 2.32. The first kappa shape index (κ1) is 62.7. The molecule has 0 unspecified atom stereocenters. The van der Waals surface area contributed by atoms with Crippen LogP contribution in [0.4, 0.5) is 40.8 Å². The van der Waals surface area contributed by atoms with Crippen LogP contribution in [0, 0.1) is 147 Å². The van der Waals surface area contributed by atoms with Gasteiger partial charge in [-0.2, -0.15) is 18.4 Å². The van der Waals surface area contributed by atoms with Crippen LogP contribution in [0.1, 0.15) is 89.0 Å². The van der Waals surface area contributed by atoms with Crippen molar-refractivity contribution >= 4 is 5.69 Å². The van der Waals surface area contributed by atoms with Gasteiger partial charge < -0.3 is 4.74 Å². The number of nitro benzene ring substituents is 1. The van der Waals surface area contributed by atoms with E-state index in [0.717, 1.165) is 39.6 Å². The average molecular weight is 1000 g/mol. The fourth-order valence-electron chi connectivity index (χ4n) is 5.95. The van der Waals surface area contributed by atoms with Gasteiger partial charge in [0.05, 0.1) is 29.2 Å². The molecule has 72 heavy (non-hydrogen) atoms. The van der Waals surface area contributed by atoms with Gasteiger partial charge in [0.25, 0.3) is 5.69 Å². The third-order valence-corrected chi connectivity index (χ3v) is 10.6. The lowest BCUT2D eigenvalue weighted by atomic mass is 10.1. The van der Waals surface area contributed by atoms with Crippen molar-refractivity contribution in [1.29, 1.82) is 5.26 Å². The third-order valence-electron chi connectivity index (χ3n) is 10.6. The molecule has 0 fully saturated rings. The summed E-state index contributed by atoms with van der Waals surface area (Å²) in [6.45, 7) is 24.5. The van der Waals surface area contributed by atoms with Crippen molar-refractivity contribution in [2.75, 3.05) is 7.11 Å². The second kappa shape index (κ2) is 29.8. The fraction of sp³-hybridized carbons (Fsp3) is 0.271. The van der Waals surface area contributed by atoms with Crippen LogP contribution in [0.25, 0.3) is 0 Å². The summed E-state index contributed by atoms with van der Waals surface area (Å²) in [6.07, 6.45) is -4.23. The number of rotatable bonds is 2. The van der Waals surface area contributed by atoms with Gasteiger partial charge in [-0.25, -0.2) is 22.0 Å². The number of benzene rings is 7. The number of halogens is 8. The number of nitrogens with zero attached hydrogens (tertiary/aromatic N) is 2. The molecule has 7 aromatic carbocycles. The molecule has 0 N–H and O–H groups in total. The fourth-order valence-corrected chi connectivity index (χ4v) is 5.95. The molecule has 384 valence electrons. The minimum absolute atomic E-state index is 0.0885. The van der Waals surface area contributed by atoms with Crippen LogP contribution in [0.5, 0.6) is 5.75 Å². The lowest BCUT2D eigenvalue weighted by Crippen LogP contribution is -2.07. The van der Waals surface area contributed by atoms with Crippen LogP contribution >= 0.6 is 0 Å². The van der Waals surface area contributed by atoms with Gasteiger partial charge in [-0.3, -0.25) is 10.1 Å². The lowest BCUT2D eigenvalue weighted by molar-refractivity contribution is -0.385. The largest absolute Gasteiger partial charge is 0.496 e. The van der Waals surface area contributed by atoms with Crippen LogP contribution in [0.2, 0.25) is 0 Å². The van der Waals surface area contributed by atoms with Gasteiger partial charge in [0, 0.05) is 17.2 Å². The van der Waals surface area contributed by atoms with E-state index >= 15 is 0 Å². The van der Waals surface area contributed by atoms with Crippen molar-refractivity contribution < 1.29 is 44.8 Å². The number of nitriles is 1. The lowest BCUT2D eigenvalue weighted by Gasteiger charge is -2.10. The molecule has 0 aromatic heterocycles. The summed E-state index contributed by atoms with van der Waals surface area (Å²) in [5.74, 6) is -1.56. The molecule has 7 aromatic rings. The number of nitro groups is 1. The third kappa shape index (κ3) is 21.8. The Hall–Kier alpha value is -7.33. The Balaban J connectivity index is 0.000000421. The van der Waals surface area contributed by atoms with E-state index in [9.17, 15) is 45.2 Å². The molecule has 0 aliphatic carbocycles. The number of ether oxygens (including phenoxy) is 1. The summed E-state index contributed by atoms with van der Waals surface area (Å²) in [7, 11) is 1.70. The van der Waals surface area contributed by atoms with Crippen LogP contribution < -0.4 is 4.74 Å². The SMILES string of the molecule is COc1cc(C)ccc1C.Cc1cc(F)c(C)c(F)c1.Cc1ccc(C)c(C#N)c1.Cc1ccc(C)c(C(F)(F)F)c1.Cc1ccc(C)c(F)c1.Cc1ccc(C)c(F)c1F.Cc1ccc(C)c([N+](=O)[O-])c1. The highest BCUT2D eigenvalue weighted by molar-refractivity contribution is 5.42. The predicted octanol–water partition coefficient (Wildman–Crippen LogP) is 17.6. The zero-order valence-corrected chi connectivity index (χ0v) is 43.6. The van der Waals surface area contributed by atoms with E-state index in [2.05, 4.69) is 25.1 Å². The summed E-state index contributed by atoms with van der Waals surface area (Å²) in [4.78, 5) is 10.0. The quantitative estimate of drug-likeness (QED) is 0.0982. The maximum Gasteiger partial charge on any atom is 0.416 e. The van der Waals surface area contributed by atoms with E-state index in [1.54, 1.807) is 71.2 Å². The Labute approximate surface area is 419 Å². The van der Waals surface area contributed by atoms with E-state index in [-0.39, 0.29) is 27.6 Å². The molecule has 0 aliphatic rings. The molecule has 7 rings (SSSR count). The van der Waals surface area contributed by atoms with Crippen LogP contribution in [0.15, 0.2) is 115 Å². The average Bonchev–Trinajstić information content (AvgIpc) is 3.31. The van der Waals surface area contributed by atoms with Gasteiger partial charge in [-0.05, 0) is 195 Å². The first-order chi connectivity index (χ1) is 33.4. The van der Waals surface area contributed by atoms with Crippen molar-refractivity contribution in [2.24, 2.45) is 0 Å². The van der Waals surface area contributed by atoms with E-state index in [1.165, 1.54) is 63.1 Å². The maximum atomic E-state index is 12.6. The van der Waals surface area contributed by atoms with E-state index in [4.69, 9.17) is 10.00 Å². The van der Waals surface area contributed by atoms with Crippen LogP contribution in [0.3, 0.4) is 0 Å². The molecule has 0 spiro atoms. The molecule has 0 amide bonds. The predicted molar refractivity (Wildman–Crippen MR) is 274 cm³/mol. The summed E-state index contributed by atoms with van der Waals surface area (Å²) in [6, 6.07) is 34.7. The zero-order chi connectivity index (χ0) is 55.2. The zero-order valence-electron chi connectivity index (χ0n) is 43.6. The normalized spacial score (nSPS) is 9.97. The first-order valence-electron chi connectivity index (χ1n) is 22.4. The van der Waals surface area contributed by atoms with E-state index < -0.39 is 35.0 Å².